The summed E-state index contributed by atoms with van der Waals surface area (Å²) in [7, 11) is 0. The Bertz CT molecular complexity index is 828. The number of benzene rings is 1. The second-order valence-electron chi connectivity index (χ2n) is 6.41. The molecule has 1 saturated heterocycles. The van der Waals surface area contributed by atoms with E-state index in [1.807, 2.05) is 0 Å². The Morgan fingerprint density at radius 3 is 2.14 bits per heavy atom. The van der Waals surface area contributed by atoms with E-state index in [4.69, 9.17) is 0 Å². The van der Waals surface area contributed by atoms with E-state index in [2.05, 4.69) is 25.5 Å². The van der Waals surface area contributed by atoms with Gasteiger partial charge in [-0.15, -0.1) is 0 Å². The molecule has 0 atom stereocenters. The molecule has 150 valence electrons. The zero-order valence-electron chi connectivity index (χ0n) is 15.4. The van der Waals surface area contributed by atoms with Crippen LogP contribution in [0.1, 0.15) is 24.2 Å². The van der Waals surface area contributed by atoms with Crippen molar-refractivity contribution in [3.63, 3.8) is 0 Å². The number of rotatable bonds is 4. The van der Waals surface area contributed by atoms with Gasteiger partial charge in [0.05, 0.1) is 17.1 Å². The topological polar surface area (TPSA) is 70.2 Å². The highest BCUT2D eigenvalue weighted by Crippen LogP contribution is 2.37. The van der Waals surface area contributed by atoms with Crippen molar-refractivity contribution < 1.29 is 18.0 Å². The number of halogens is 3. The molecule has 10 heteroatoms. The van der Waals surface area contributed by atoms with Crippen molar-refractivity contribution in [2.45, 2.75) is 37.1 Å². The SMILES string of the molecule is Cc1nc(N2CCCC2)nc(C)c1NC(=O)Nc1ccc(SC(F)(F)F)cc1. The van der Waals surface area contributed by atoms with Gasteiger partial charge in [-0.05, 0) is 62.7 Å². The third-order valence-corrected chi connectivity index (χ3v) is 4.97. The molecule has 28 heavy (non-hydrogen) atoms. The van der Waals surface area contributed by atoms with Gasteiger partial charge in [0.25, 0.3) is 0 Å². The molecule has 1 fully saturated rings. The van der Waals surface area contributed by atoms with Gasteiger partial charge in [0.15, 0.2) is 0 Å². The number of hydrogen-bond acceptors (Lipinski definition) is 5. The molecule has 2 aromatic rings. The Balaban J connectivity index is 1.64. The van der Waals surface area contributed by atoms with Crippen molar-refractivity contribution in [2.24, 2.45) is 0 Å². The van der Waals surface area contributed by atoms with E-state index in [9.17, 15) is 18.0 Å². The molecule has 0 radical (unpaired) electrons. The summed E-state index contributed by atoms with van der Waals surface area (Å²) in [6, 6.07) is 4.93. The minimum absolute atomic E-state index is 0.0519. The van der Waals surface area contributed by atoms with Crippen LogP contribution >= 0.6 is 11.8 Å². The standard InChI is InChI=1S/C18H20F3N5OS/c1-11-15(12(2)23-16(22-11)26-9-3-4-10-26)25-17(27)24-13-5-7-14(8-6-13)28-18(19,20)21/h5-8H,3-4,9-10H2,1-2H3,(H2,24,25,27). The quantitative estimate of drug-likeness (QED) is 0.697. The number of aromatic nitrogens is 2. The Labute approximate surface area is 164 Å². The predicted octanol–water partition coefficient (Wildman–Crippen LogP) is 4.95. The van der Waals surface area contributed by atoms with Crippen molar-refractivity contribution in [3.8, 4) is 0 Å². The number of nitrogens with zero attached hydrogens (tertiary/aromatic N) is 3. The number of alkyl halides is 3. The normalized spacial score (nSPS) is 14.2. The van der Waals surface area contributed by atoms with E-state index >= 15 is 0 Å². The molecule has 3 rings (SSSR count). The fraction of sp³-hybridized carbons (Fsp3) is 0.389. The summed E-state index contributed by atoms with van der Waals surface area (Å²) in [6.45, 7) is 5.45. The third-order valence-electron chi connectivity index (χ3n) is 4.23. The minimum Gasteiger partial charge on any atom is -0.341 e. The van der Waals surface area contributed by atoms with E-state index in [0.717, 1.165) is 25.9 Å². The first-order valence-corrected chi connectivity index (χ1v) is 9.57. The van der Waals surface area contributed by atoms with E-state index in [1.54, 1.807) is 13.8 Å². The van der Waals surface area contributed by atoms with Crippen LogP contribution in [0.2, 0.25) is 0 Å². The van der Waals surface area contributed by atoms with Gasteiger partial charge in [0, 0.05) is 23.7 Å². The number of amides is 2. The van der Waals surface area contributed by atoms with Gasteiger partial charge in [-0.2, -0.15) is 13.2 Å². The van der Waals surface area contributed by atoms with Crippen molar-refractivity contribution in [1.29, 1.82) is 0 Å². The maximum atomic E-state index is 12.4. The lowest BCUT2D eigenvalue weighted by atomic mass is 10.3. The van der Waals surface area contributed by atoms with Crippen LogP contribution in [-0.2, 0) is 0 Å². The van der Waals surface area contributed by atoms with Crippen molar-refractivity contribution in [2.75, 3.05) is 28.6 Å². The Kier molecular flexibility index (Phi) is 5.97. The Morgan fingerprint density at radius 1 is 1.04 bits per heavy atom. The molecule has 2 N–H and O–H groups in total. The molecule has 0 aliphatic carbocycles. The number of hydrogen-bond donors (Lipinski definition) is 2. The molecule has 6 nitrogen and oxygen atoms in total. The lowest BCUT2D eigenvalue weighted by Gasteiger charge is -2.18. The summed E-state index contributed by atoms with van der Waals surface area (Å²) < 4.78 is 37.1. The largest absolute Gasteiger partial charge is 0.446 e. The fourth-order valence-corrected chi connectivity index (χ4v) is 3.49. The molecule has 0 bridgehead atoms. The van der Waals surface area contributed by atoms with E-state index in [0.29, 0.717) is 28.7 Å². The van der Waals surface area contributed by atoms with Gasteiger partial charge in [0.1, 0.15) is 0 Å². The number of carbonyl (C=O) groups excluding carboxylic acids is 1. The third kappa shape index (κ3) is 5.28. The smallest absolute Gasteiger partial charge is 0.341 e. The molecule has 0 unspecified atom stereocenters. The second kappa shape index (κ2) is 8.26. The number of aryl methyl sites for hydroxylation is 2. The monoisotopic (exact) mass is 411 g/mol. The average molecular weight is 411 g/mol. The highest BCUT2D eigenvalue weighted by Gasteiger charge is 2.29. The number of anilines is 3. The number of carbonyl (C=O) groups is 1. The number of thioether (sulfide) groups is 1. The van der Waals surface area contributed by atoms with Crippen LogP contribution in [0, 0.1) is 13.8 Å². The maximum Gasteiger partial charge on any atom is 0.446 e. The molecule has 1 aliphatic rings. The summed E-state index contributed by atoms with van der Waals surface area (Å²) in [6.07, 6.45) is 2.23. The lowest BCUT2D eigenvalue weighted by Crippen LogP contribution is -2.24. The first-order chi connectivity index (χ1) is 13.2. The lowest BCUT2D eigenvalue weighted by molar-refractivity contribution is -0.0328. The number of nitrogens with one attached hydrogen (secondary N) is 2. The molecular formula is C18H20F3N5OS. The zero-order chi connectivity index (χ0) is 20.3. The van der Waals surface area contributed by atoms with E-state index < -0.39 is 11.5 Å². The number of urea groups is 1. The Hall–Kier alpha value is -2.49. The second-order valence-corrected chi connectivity index (χ2v) is 7.55. The van der Waals surface area contributed by atoms with Gasteiger partial charge >= 0.3 is 11.5 Å². The Morgan fingerprint density at radius 2 is 1.61 bits per heavy atom. The van der Waals surface area contributed by atoms with Crippen LogP contribution in [0.3, 0.4) is 0 Å². The van der Waals surface area contributed by atoms with Crippen LogP contribution in [0.15, 0.2) is 29.2 Å². The fourth-order valence-electron chi connectivity index (χ4n) is 2.95. The maximum absolute atomic E-state index is 12.4. The average Bonchev–Trinajstić information content (AvgIpc) is 3.13. The van der Waals surface area contributed by atoms with Gasteiger partial charge in [0.2, 0.25) is 5.95 Å². The molecule has 2 amide bonds. The first kappa shape index (κ1) is 20.2. The van der Waals surface area contributed by atoms with E-state index in [-0.39, 0.29) is 16.7 Å². The molecule has 1 aliphatic heterocycles. The summed E-state index contributed by atoms with van der Waals surface area (Å²) in [5.41, 5.74) is -2.13. The molecule has 0 spiro atoms. The van der Waals surface area contributed by atoms with Gasteiger partial charge in [-0.1, -0.05) is 0 Å². The van der Waals surface area contributed by atoms with Crippen LogP contribution in [0.5, 0.6) is 0 Å². The first-order valence-electron chi connectivity index (χ1n) is 8.75. The van der Waals surface area contributed by atoms with Gasteiger partial charge in [-0.3, -0.25) is 0 Å². The molecule has 2 heterocycles. The summed E-state index contributed by atoms with van der Waals surface area (Å²) in [5, 5.41) is 5.32. The van der Waals surface area contributed by atoms with Gasteiger partial charge in [-0.25, -0.2) is 14.8 Å². The van der Waals surface area contributed by atoms with E-state index in [1.165, 1.54) is 24.3 Å². The van der Waals surface area contributed by atoms with Crippen LogP contribution in [0.25, 0.3) is 0 Å². The van der Waals surface area contributed by atoms with Crippen LogP contribution < -0.4 is 15.5 Å². The summed E-state index contributed by atoms with van der Waals surface area (Å²) >= 11 is -0.202. The van der Waals surface area contributed by atoms with Crippen LogP contribution in [0.4, 0.5) is 35.3 Å². The predicted molar refractivity (Wildman–Crippen MR) is 104 cm³/mol. The molecule has 1 aromatic heterocycles. The van der Waals surface area contributed by atoms with Crippen LogP contribution in [-0.4, -0.2) is 34.6 Å². The summed E-state index contributed by atoms with van der Waals surface area (Å²) in [4.78, 5) is 23.4. The van der Waals surface area contributed by atoms with Crippen molar-refractivity contribution in [1.82, 2.24) is 9.97 Å². The highest BCUT2D eigenvalue weighted by atomic mass is 32.2. The van der Waals surface area contributed by atoms with Gasteiger partial charge < -0.3 is 15.5 Å². The van der Waals surface area contributed by atoms with Crippen molar-refractivity contribution >= 4 is 35.1 Å². The van der Waals surface area contributed by atoms with Crippen molar-refractivity contribution in [3.05, 3.63) is 35.7 Å². The zero-order valence-corrected chi connectivity index (χ0v) is 16.2. The molecular weight excluding hydrogens is 391 g/mol. The molecule has 1 aromatic carbocycles. The minimum atomic E-state index is -4.34. The molecule has 0 saturated carbocycles. The summed E-state index contributed by atoms with van der Waals surface area (Å²) in [5.74, 6) is 0.663. The highest BCUT2D eigenvalue weighted by molar-refractivity contribution is 8.00.